The number of nitrogens with zero attached hydrogens (tertiary/aromatic N) is 1. The van der Waals surface area contributed by atoms with E-state index in [1.807, 2.05) is 43.3 Å². The number of aliphatic imine (C=N–C) groups is 1. The molecule has 1 unspecified atom stereocenters. The molecule has 0 amide bonds. The van der Waals surface area contributed by atoms with Crippen molar-refractivity contribution in [3.8, 4) is 11.5 Å². The van der Waals surface area contributed by atoms with E-state index < -0.39 is 0 Å². The predicted octanol–water partition coefficient (Wildman–Crippen LogP) is 3.91. The summed E-state index contributed by atoms with van der Waals surface area (Å²) >= 11 is 6.27. The SMILES string of the molecule is CCNC(=NCCc1ccc(O)c(OC)c1)NC(C)c1ccccc1Cl. The molecule has 6 heteroatoms. The standard InChI is InChI=1S/C20H26ClN3O2/c1-4-22-20(24-14(2)16-7-5-6-8-17(16)21)23-12-11-15-9-10-18(25)19(13-15)26-3/h5-10,13-14,25H,4,11-12H2,1-3H3,(H2,22,23,24). The molecule has 0 fully saturated rings. The Balaban J connectivity index is 2.01. The van der Waals surface area contributed by atoms with Crippen molar-refractivity contribution in [2.24, 2.45) is 4.99 Å². The van der Waals surface area contributed by atoms with Gasteiger partial charge in [0.1, 0.15) is 0 Å². The fourth-order valence-corrected chi connectivity index (χ4v) is 2.90. The molecule has 1 atom stereocenters. The van der Waals surface area contributed by atoms with Gasteiger partial charge in [0.25, 0.3) is 0 Å². The van der Waals surface area contributed by atoms with E-state index in [0.29, 0.717) is 12.3 Å². The third-order valence-electron chi connectivity index (χ3n) is 3.98. The minimum atomic E-state index is 0.0373. The second-order valence-corrected chi connectivity index (χ2v) is 6.31. The number of guanidine groups is 1. The van der Waals surface area contributed by atoms with Crippen LogP contribution in [0, 0.1) is 0 Å². The molecule has 0 aromatic heterocycles. The molecule has 3 N–H and O–H groups in total. The minimum Gasteiger partial charge on any atom is -0.504 e. The average Bonchev–Trinajstić information content (AvgIpc) is 2.63. The fraction of sp³-hybridized carbons (Fsp3) is 0.350. The second-order valence-electron chi connectivity index (χ2n) is 5.90. The zero-order valence-corrected chi connectivity index (χ0v) is 16.2. The van der Waals surface area contributed by atoms with Crippen LogP contribution in [0.5, 0.6) is 11.5 Å². The molecule has 140 valence electrons. The van der Waals surface area contributed by atoms with Crippen LogP contribution in [0.15, 0.2) is 47.5 Å². The Labute approximate surface area is 160 Å². The van der Waals surface area contributed by atoms with E-state index in [0.717, 1.165) is 35.1 Å². The first kappa shape index (κ1) is 19.9. The third-order valence-corrected chi connectivity index (χ3v) is 4.33. The molecule has 2 aromatic rings. The van der Waals surface area contributed by atoms with Gasteiger partial charge < -0.3 is 20.5 Å². The minimum absolute atomic E-state index is 0.0373. The van der Waals surface area contributed by atoms with E-state index in [2.05, 4.69) is 22.5 Å². The van der Waals surface area contributed by atoms with Crippen molar-refractivity contribution >= 4 is 17.6 Å². The Morgan fingerprint density at radius 2 is 2.04 bits per heavy atom. The van der Waals surface area contributed by atoms with Gasteiger partial charge in [0.05, 0.1) is 13.2 Å². The number of halogens is 1. The topological polar surface area (TPSA) is 65.9 Å². The first-order valence-electron chi connectivity index (χ1n) is 8.70. The van der Waals surface area contributed by atoms with Crippen LogP contribution in [0.4, 0.5) is 0 Å². The van der Waals surface area contributed by atoms with Gasteiger partial charge in [-0.1, -0.05) is 35.9 Å². The van der Waals surface area contributed by atoms with E-state index in [1.165, 1.54) is 0 Å². The van der Waals surface area contributed by atoms with E-state index in [9.17, 15) is 5.11 Å². The van der Waals surface area contributed by atoms with Crippen LogP contribution in [0.25, 0.3) is 0 Å². The normalized spacial score (nSPS) is 12.5. The van der Waals surface area contributed by atoms with Gasteiger partial charge >= 0.3 is 0 Å². The molecular weight excluding hydrogens is 350 g/mol. The quantitative estimate of drug-likeness (QED) is 0.507. The number of phenols is 1. The van der Waals surface area contributed by atoms with Crippen LogP contribution in [0.3, 0.4) is 0 Å². The summed E-state index contributed by atoms with van der Waals surface area (Å²) in [5, 5.41) is 17.0. The maximum Gasteiger partial charge on any atom is 0.191 e. The van der Waals surface area contributed by atoms with Gasteiger partial charge in [0, 0.05) is 18.1 Å². The first-order valence-corrected chi connectivity index (χ1v) is 9.08. The number of nitrogens with one attached hydrogen (secondary N) is 2. The Morgan fingerprint density at radius 3 is 2.73 bits per heavy atom. The van der Waals surface area contributed by atoms with Crippen LogP contribution in [0.2, 0.25) is 5.02 Å². The molecule has 0 saturated carbocycles. The highest BCUT2D eigenvalue weighted by atomic mass is 35.5. The molecular formula is C20H26ClN3O2. The molecule has 0 aliphatic heterocycles. The Bertz CT molecular complexity index is 750. The van der Waals surface area contributed by atoms with Crippen molar-refractivity contribution in [1.29, 1.82) is 0 Å². The summed E-state index contributed by atoms with van der Waals surface area (Å²) in [7, 11) is 1.54. The number of phenolic OH excluding ortho intramolecular Hbond substituents is 1. The van der Waals surface area contributed by atoms with Crippen molar-refractivity contribution in [3.05, 3.63) is 58.6 Å². The van der Waals surface area contributed by atoms with Gasteiger partial charge in [-0.15, -0.1) is 0 Å². The van der Waals surface area contributed by atoms with Gasteiger partial charge in [0.2, 0.25) is 0 Å². The van der Waals surface area contributed by atoms with Gasteiger partial charge in [-0.3, -0.25) is 4.99 Å². The zero-order valence-electron chi connectivity index (χ0n) is 15.4. The van der Waals surface area contributed by atoms with Crippen molar-refractivity contribution in [2.75, 3.05) is 20.2 Å². The van der Waals surface area contributed by atoms with Crippen LogP contribution >= 0.6 is 11.6 Å². The monoisotopic (exact) mass is 375 g/mol. The second kappa shape index (κ2) is 9.92. The molecule has 0 aliphatic rings. The number of methoxy groups -OCH3 is 1. The molecule has 0 spiro atoms. The van der Waals surface area contributed by atoms with Gasteiger partial charge in [-0.25, -0.2) is 0 Å². The van der Waals surface area contributed by atoms with Crippen molar-refractivity contribution < 1.29 is 9.84 Å². The van der Waals surface area contributed by atoms with Crippen molar-refractivity contribution in [1.82, 2.24) is 10.6 Å². The number of ether oxygens (including phenoxy) is 1. The molecule has 5 nitrogen and oxygen atoms in total. The molecule has 2 aromatic carbocycles. The van der Waals surface area contributed by atoms with Gasteiger partial charge in [-0.05, 0) is 49.6 Å². The highest BCUT2D eigenvalue weighted by Crippen LogP contribution is 2.26. The predicted molar refractivity (Wildman–Crippen MR) is 107 cm³/mol. The third kappa shape index (κ3) is 5.56. The largest absolute Gasteiger partial charge is 0.504 e. The number of benzene rings is 2. The van der Waals surface area contributed by atoms with E-state index in [4.69, 9.17) is 16.3 Å². The van der Waals surface area contributed by atoms with E-state index in [-0.39, 0.29) is 11.8 Å². The molecule has 2 rings (SSSR count). The number of hydrogen-bond donors (Lipinski definition) is 3. The summed E-state index contributed by atoms with van der Waals surface area (Å²) in [6.07, 6.45) is 0.744. The van der Waals surface area contributed by atoms with Crippen molar-refractivity contribution in [3.63, 3.8) is 0 Å². The molecule has 0 heterocycles. The first-order chi connectivity index (χ1) is 12.5. The summed E-state index contributed by atoms with van der Waals surface area (Å²) in [6.45, 7) is 5.47. The number of hydrogen-bond acceptors (Lipinski definition) is 3. The van der Waals surface area contributed by atoms with Gasteiger partial charge in [0.15, 0.2) is 17.5 Å². The van der Waals surface area contributed by atoms with Crippen LogP contribution in [-0.2, 0) is 6.42 Å². The lowest BCUT2D eigenvalue weighted by molar-refractivity contribution is 0.373. The highest BCUT2D eigenvalue weighted by molar-refractivity contribution is 6.31. The lowest BCUT2D eigenvalue weighted by atomic mass is 10.1. The Kier molecular flexibility index (Phi) is 7.60. The van der Waals surface area contributed by atoms with E-state index >= 15 is 0 Å². The summed E-state index contributed by atoms with van der Waals surface area (Å²) in [6, 6.07) is 13.2. The Hall–Kier alpha value is -2.40. The Morgan fingerprint density at radius 1 is 1.27 bits per heavy atom. The van der Waals surface area contributed by atoms with E-state index in [1.54, 1.807) is 13.2 Å². The lowest BCUT2D eigenvalue weighted by Gasteiger charge is -2.19. The molecule has 0 bridgehead atoms. The summed E-state index contributed by atoms with van der Waals surface area (Å²) in [5.74, 6) is 1.36. The molecule has 26 heavy (non-hydrogen) atoms. The maximum absolute atomic E-state index is 9.66. The number of aromatic hydroxyl groups is 1. The zero-order chi connectivity index (χ0) is 18.9. The summed E-state index contributed by atoms with van der Waals surface area (Å²) in [5.41, 5.74) is 2.08. The van der Waals surface area contributed by atoms with Gasteiger partial charge in [-0.2, -0.15) is 0 Å². The van der Waals surface area contributed by atoms with Crippen LogP contribution in [0.1, 0.15) is 31.0 Å². The van der Waals surface area contributed by atoms with Crippen LogP contribution < -0.4 is 15.4 Å². The summed E-state index contributed by atoms with van der Waals surface area (Å²) in [4.78, 5) is 4.63. The molecule has 0 saturated heterocycles. The summed E-state index contributed by atoms with van der Waals surface area (Å²) < 4.78 is 5.14. The highest BCUT2D eigenvalue weighted by Gasteiger charge is 2.10. The maximum atomic E-state index is 9.66. The lowest BCUT2D eigenvalue weighted by Crippen LogP contribution is -2.39. The molecule has 0 radical (unpaired) electrons. The average molecular weight is 376 g/mol. The fourth-order valence-electron chi connectivity index (χ4n) is 2.60. The number of rotatable bonds is 7. The smallest absolute Gasteiger partial charge is 0.191 e. The van der Waals surface area contributed by atoms with Crippen LogP contribution in [-0.4, -0.2) is 31.3 Å². The molecule has 0 aliphatic carbocycles. The van der Waals surface area contributed by atoms with Crippen molar-refractivity contribution in [2.45, 2.75) is 26.3 Å².